The molecular formula is C22H29N3O3. The fourth-order valence-electron chi connectivity index (χ4n) is 3.64. The maximum atomic E-state index is 13.2. The minimum atomic E-state index is -0.0567. The van der Waals surface area contributed by atoms with Crippen LogP contribution in [0.4, 0.5) is 0 Å². The van der Waals surface area contributed by atoms with Gasteiger partial charge < -0.3 is 19.8 Å². The van der Waals surface area contributed by atoms with Crippen LogP contribution in [0, 0.1) is 12.8 Å². The van der Waals surface area contributed by atoms with Crippen molar-refractivity contribution in [3.8, 4) is 5.75 Å². The highest BCUT2D eigenvalue weighted by Gasteiger charge is 2.14. The topological polar surface area (TPSA) is 79.4 Å². The fourth-order valence-corrected chi connectivity index (χ4v) is 3.64. The highest BCUT2D eigenvalue weighted by atomic mass is 16.5. The molecule has 28 heavy (non-hydrogen) atoms. The van der Waals surface area contributed by atoms with E-state index in [1.54, 1.807) is 17.9 Å². The second-order valence-electron chi connectivity index (χ2n) is 7.65. The van der Waals surface area contributed by atoms with Crippen LogP contribution in [0.25, 0.3) is 21.7 Å². The summed E-state index contributed by atoms with van der Waals surface area (Å²) in [6, 6.07) is 7.74. The van der Waals surface area contributed by atoms with Gasteiger partial charge in [-0.15, -0.1) is 0 Å². The Hall–Kier alpha value is -2.44. The molecule has 0 radical (unpaired) electrons. The van der Waals surface area contributed by atoms with E-state index in [-0.39, 0.29) is 11.6 Å². The SMILES string of the molecule is COCCn1c(=O)c2c(C)nccc2c2ccc(OC[C@@H](N)CC(C)C)cc21. The summed E-state index contributed by atoms with van der Waals surface area (Å²) >= 11 is 0. The maximum Gasteiger partial charge on any atom is 0.260 e. The van der Waals surface area contributed by atoms with Gasteiger partial charge >= 0.3 is 0 Å². The first kappa shape index (κ1) is 20.3. The number of hydrogen-bond acceptors (Lipinski definition) is 5. The van der Waals surface area contributed by atoms with Crippen molar-refractivity contribution < 1.29 is 9.47 Å². The van der Waals surface area contributed by atoms with E-state index in [9.17, 15) is 4.79 Å². The minimum Gasteiger partial charge on any atom is -0.492 e. The van der Waals surface area contributed by atoms with E-state index >= 15 is 0 Å². The molecule has 0 spiro atoms. The molecule has 2 N–H and O–H groups in total. The van der Waals surface area contributed by atoms with Gasteiger partial charge in [0.2, 0.25) is 0 Å². The summed E-state index contributed by atoms with van der Waals surface area (Å²) in [4.78, 5) is 17.5. The van der Waals surface area contributed by atoms with Crippen LogP contribution >= 0.6 is 0 Å². The second kappa shape index (κ2) is 8.71. The van der Waals surface area contributed by atoms with Crippen molar-refractivity contribution in [3.63, 3.8) is 0 Å². The van der Waals surface area contributed by atoms with E-state index in [4.69, 9.17) is 15.2 Å². The fraction of sp³-hybridized carbons (Fsp3) is 0.455. The number of pyridine rings is 2. The van der Waals surface area contributed by atoms with Crippen molar-refractivity contribution in [2.24, 2.45) is 11.7 Å². The van der Waals surface area contributed by atoms with Gasteiger partial charge in [-0.25, -0.2) is 0 Å². The van der Waals surface area contributed by atoms with Crippen molar-refractivity contribution in [1.82, 2.24) is 9.55 Å². The van der Waals surface area contributed by atoms with Gasteiger partial charge in [-0.1, -0.05) is 13.8 Å². The zero-order chi connectivity index (χ0) is 20.3. The van der Waals surface area contributed by atoms with Crippen LogP contribution in [-0.2, 0) is 11.3 Å². The second-order valence-corrected chi connectivity index (χ2v) is 7.65. The van der Waals surface area contributed by atoms with Crippen molar-refractivity contribution in [1.29, 1.82) is 0 Å². The van der Waals surface area contributed by atoms with E-state index in [1.165, 1.54) is 0 Å². The van der Waals surface area contributed by atoms with Gasteiger partial charge in [0.05, 0.1) is 23.2 Å². The Morgan fingerprint density at radius 2 is 2.00 bits per heavy atom. The number of benzene rings is 1. The van der Waals surface area contributed by atoms with Crippen LogP contribution in [0.5, 0.6) is 5.75 Å². The standard InChI is InChI=1S/C22H29N3O3/c1-14(2)11-16(23)13-28-17-5-6-18-19-7-8-24-15(3)21(19)22(26)25(9-10-27-4)20(18)12-17/h5-8,12,14,16H,9-11,13,23H2,1-4H3/t16-/m0/s1. The Bertz CT molecular complexity index is 1030. The number of ether oxygens (including phenoxy) is 2. The summed E-state index contributed by atoms with van der Waals surface area (Å²) in [5, 5.41) is 2.55. The number of rotatable bonds is 8. The lowest BCUT2D eigenvalue weighted by Gasteiger charge is -2.17. The average Bonchev–Trinajstić information content (AvgIpc) is 2.65. The van der Waals surface area contributed by atoms with E-state index in [1.807, 2.05) is 31.2 Å². The molecule has 6 heteroatoms. The maximum absolute atomic E-state index is 13.2. The molecule has 6 nitrogen and oxygen atoms in total. The molecule has 0 saturated carbocycles. The van der Waals surface area contributed by atoms with Gasteiger partial charge in [-0.05, 0) is 42.8 Å². The highest BCUT2D eigenvalue weighted by Crippen LogP contribution is 2.27. The molecule has 1 atom stereocenters. The molecular weight excluding hydrogens is 354 g/mol. The summed E-state index contributed by atoms with van der Waals surface area (Å²) in [5.41, 5.74) is 7.65. The first-order valence-electron chi connectivity index (χ1n) is 9.71. The molecule has 0 fully saturated rings. The Morgan fingerprint density at radius 1 is 1.21 bits per heavy atom. The number of nitrogens with two attached hydrogens (primary N) is 1. The molecule has 2 heterocycles. The molecule has 0 aliphatic carbocycles. The zero-order valence-electron chi connectivity index (χ0n) is 17.1. The number of aryl methyl sites for hydroxylation is 1. The number of nitrogens with zero attached hydrogens (tertiary/aromatic N) is 2. The van der Waals surface area contributed by atoms with Crippen LogP contribution in [0.2, 0.25) is 0 Å². The van der Waals surface area contributed by atoms with Gasteiger partial charge in [0.15, 0.2) is 0 Å². The van der Waals surface area contributed by atoms with Crippen molar-refractivity contribution in [3.05, 3.63) is 46.5 Å². The third-order valence-corrected chi connectivity index (χ3v) is 4.91. The van der Waals surface area contributed by atoms with Crippen LogP contribution in [0.3, 0.4) is 0 Å². The van der Waals surface area contributed by atoms with Gasteiger partial charge in [0, 0.05) is 37.3 Å². The first-order chi connectivity index (χ1) is 13.4. The number of hydrogen-bond donors (Lipinski definition) is 1. The molecule has 0 unspecified atom stereocenters. The minimum absolute atomic E-state index is 0.0169. The number of fused-ring (bicyclic) bond motifs is 3. The van der Waals surface area contributed by atoms with E-state index in [0.717, 1.165) is 28.4 Å². The van der Waals surface area contributed by atoms with Gasteiger partial charge in [0.25, 0.3) is 5.56 Å². The lowest BCUT2D eigenvalue weighted by Crippen LogP contribution is -2.29. The van der Waals surface area contributed by atoms with Gasteiger partial charge in [-0.3, -0.25) is 9.78 Å². The molecule has 3 rings (SSSR count). The lowest BCUT2D eigenvalue weighted by molar-refractivity contribution is 0.187. The third-order valence-electron chi connectivity index (χ3n) is 4.91. The molecule has 0 bridgehead atoms. The summed E-state index contributed by atoms with van der Waals surface area (Å²) in [6.45, 7) is 7.52. The average molecular weight is 383 g/mol. The zero-order valence-corrected chi connectivity index (χ0v) is 17.1. The smallest absolute Gasteiger partial charge is 0.260 e. The van der Waals surface area contributed by atoms with Crippen LogP contribution in [0.15, 0.2) is 35.3 Å². The van der Waals surface area contributed by atoms with Crippen LogP contribution in [0.1, 0.15) is 26.0 Å². The monoisotopic (exact) mass is 383 g/mol. The molecule has 0 amide bonds. The first-order valence-corrected chi connectivity index (χ1v) is 9.71. The van der Waals surface area contributed by atoms with Crippen molar-refractivity contribution >= 4 is 21.7 Å². The quantitative estimate of drug-likeness (QED) is 0.604. The predicted octanol–water partition coefficient (Wildman–Crippen LogP) is 3.26. The Labute approximate surface area is 165 Å². The summed E-state index contributed by atoms with van der Waals surface area (Å²) in [7, 11) is 1.63. The molecule has 1 aromatic carbocycles. The summed E-state index contributed by atoms with van der Waals surface area (Å²) in [6.07, 6.45) is 2.65. The van der Waals surface area contributed by atoms with Gasteiger partial charge in [0.1, 0.15) is 12.4 Å². The Kier molecular flexibility index (Phi) is 6.31. The van der Waals surface area contributed by atoms with Crippen LogP contribution < -0.4 is 16.0 Å². The van der Waals surface area contributed by atoms with E-state index < -0.39 is 0 Å². The van der Waals surface area contributed by atoms with Crippen molar-refractivity contribution in [2.45, 2.75) is 39.8 Å². The normalized spacial score (nSPS) is 12.8. The molecule has 2 aromatic heterocycles. The van der Waals surface area contributed by atoms with Crippen LogP contribution in [-0.4, -0.2) is 35.9 Å². The molecule has 0 saturated heterocycles. The van der Waals surface area contributed by atoms with E-state index in [2.05, 4.69) is 18.8 Å². The lowest BCUT2D eigenvalue weighted by atomic mass is 10.0. The summed E-state index contributed by atoms with van der Waals surface area (Å²) < 4.78 is 12.9. The third kappa shape index (κ3) is 4.18. The summed E-state index contributed by atoms with van der Waals surface area (Å²) in [5.74, 6) is 1.24. The van der Waals surface area contributed by atoms with E-state index in [0.29, 0.717) is 36.8 Å². The molecule has 150 valence electrons. The largest absolute Gasteiger partial charge is 0.492 e. The molecule has 0 aliphatic heterocycles. The van der Waals surface area contributed by atoms with Crippen molar-refractivity contribution in [2.75, 3.05) is 20.3 Å². The highest BCUT2D eigenvalue weighted by molar-refractivity contribution is 6.06. The molecule has 3 aromatic rings. The number of aromatic nitrogens is 2. The Balaban J connectivity index is 2.08. The van der Waals surface area contributed by atoms with Gasteiger partial charge in [-0.2, -0.15) is 0 Å². The number of methoxy groups -OCH3 is 1. The predicted molar refractivity (Wildman–Crippen MR) is 113 cm³/mol. The molecule has 0 aliphatic rings. The Morgan fingerprint density at radius 3 is 2.71 bits per heavy atom.